The van der Waals surface area contributed by atoms with Crippen molar-refractivity contribution in [3.8, 4) is 50.7 Å². The van der Waals surface area contributed by atoms with Gasteiger partial charge in [0.15, 0.2) is 5.82 Å². The number of benzene rings is 9. The van der Waals surface area contributed by atoms with Crippen LogP contribution in [0.25, 0.3) is 127 Å². The number of hydrogen-bond donors (Lipinski definition) is 0. The zero-order valence-corrected chi connectivity index (χ0v) is 33.9. The molecule has 0 saturated carbocycles. The Bertz CT molecular complexity index is 3910. The van der Waals surface area contributed by atoms with Gasteiger partial charge in [0, 0.05) is 54.7 Å². The smallest absolute Gasteiger partial charge is 0.160 e. The summed E-state index contributed by atoms with van der Waals surface area (Å²) in [7, 11) is 0. The molecule has 0 spiro atoms. The molecule has 5 heterocycles. The molecule has 5 aromatic heterocycles. The minimum absolute atomic E-state index is 0.673. The second-order valence-electron chi connectivity index (χ2n) is 16.6. The van der Waals surface area contributed by atoms with E-state index in [1.54, 1.807) is 0 Å². The van der Waals surface area contributed by atoms with Crippen LogP contribution in [-0.2, 0) is 0 Å². The quantitative estimate of drug-likeness (QED) is 0.174. The highest BCUT2D eigenvalue weighted by Crippen LogP contribution is 2.44. The Morgan fingerprint density at radius 3 is 1.25 bits per heavy atom. The first-order chi connectivity index (χ1) is 31.2. The molecule has 14 aromatic rings. The van der Waals surface area contributed by atoms with Gasteiger partial charge in [-0.25, -0.2) is 9.97 Å². The van der Waals surface area contributed by atoms with Crippen LogP contribution in [0.1, 0.15) is 0 Å². The highest BCUT2D eigenvalue weighted by atomic mass is 15.0. The number of aromatic nitrogens is 5. The molecule has 0 aliphatic heterocycles. The summed E-state index contributed by atoms with van der Waals surface area (Å²) in [5, 5.41) is 7.43. The third-order valence-electron chi connectivity index (χ3n) is 13.1. The van der Waals surface area contributed by atoms with Gasteiger partial charge in [-0.1, -0.05) is 140 Å². The van der Waals surface area contributed by atoms with Gasteiger partial charge < -0.3 is 13.4 Å². The molecule has 0 amide bonds. The topological polar surface area (TPSA) is 39.5 Å². The normalized spacial score (nSPS) is 12.1. The van der Waals surface area contributed by atoms with E-state index in [1.807, 2.05) is 12.1 Å². The van der Waals surface area contributed by atoms with Crippen molar-refractivity contribution >= 4 is 76.5 Å². The summed E-state index contributed by atoms with van der Waals surface area (Å²) < 4.78 is 7.47. The third kappa shape index (κ3) is 4.93. The standard InChI is InChI=1S/C58H35N5/c1-4-16-36(17-5-1)39-30-40(58-59-46(37-18-6-2-7-19-37)34-47(60-58)38-20-8-3-9-21-38)32-41(31-39)61-50-26-14-28-52-56(50)57-51(61)27-15-29-53(57)63-49-25-13-11-23-43(49)45-33-44-42-22-10-12-24-48(42)62(52)54(44)35-55(45)63/h1-35H. The van der Waals surface area contributed by atoms with Crippen molar-refractivity contribution in [1.29, 1.82) is 0 Å². The molecule has 5 heteroatoms. The Hall–Kier alpha value is -8.54. The molecule has 0 aliphatic carbocycles. The summed E-state index contributed by atoms with van der Waals surface area (Å²) in [6, 6.07) is 76.7. The van der Waals surface area contributed by atoms with E-state index in [1.165, 1.54) is 54.4 Å². The maximum absolute atomic E-state index is 5.33. The lowest BCUT2D eigenvalue weighted by molar-refractivity contribution is 1.16. The molecule has 0 fully saturated rings. The van der Waals surface area contributed by atoms with Crippen molar-refractivity contribution < 1.29 is 0 Å². The first-order valence-corrected chi connectivity index (χ1v) is 21.5. The van der Waals surface area contributed by atoms with E-state index in [0.717, 1.165) is 67.0 Å². The van der Waals surface area contributed by atoms with Gasteiger partial charge in [-0.2, -0.15) is 0 Å². The monoisotopic (exact) mass is 801 g/mol. The molecule has 2 bridgehead atoms. The maximum Gasteiger partial charge on any atom is 0.160 e. The molecule has 292 valence electrons. The first kappa shape index (κ1) is 34.2. The fourth-order valence-corrected chi connectivity index (χ4v) is 10.4. The van der Waals surface area contributed by atoms with Crippen LogP contribution in [-0.4, -0.2) is 23.3 Å². The molecule has 0 aliphatic rings. The van der Waals surface area contributed by atoms with E-state index in [9.17, 15) is 0 Å². The van der Waals surface area contributed by atoms with E-state index in [4.69, 9.17) is 9.97 Å². The predicted octanol–water partition coefficient (Wildman–Crippen LogP) is 14.8. The van der Waals surface area contributed by atoms with Crippen molar-refractivity contribution in [2.24, 2.45) is 0 Å². The SMILES string of the molecule is c1ccc(-c2cc(-c3nc(-c4ccccc4)cc(-c4ccccc4)n3)cc(-n3c4cccc5c4c4c3cccc4n3c4ccccc4c4cc6c7ccccc7n5c6cc43)c2)cc1. The van der Waals surface area contributed by atoms with Crippen LogP contribution in [0.15, 0.2) is 212 Å². The molecule has 0 saturated heterocycles. The number of para-hydroxylation sites is 2. The second kappa shape index (κ2) is 13.0. The summed E-state index contributed by atoms with van der Waals surface area (Å²) in [5.41, 5.74) is 17.4. The fourth-order valence-electron chi connectivity index (χ4n) is 10.4. The summed E-state index contributed by atoms with van der Waals surface area (Å²) in [4.78, 5) is 10.7. The highest BCUT2D eigenvalue weighted by molar-refractivity contribution is 6.26. The molecular formula is C58H35N5. The lowest BCUT2D eigenvalue weighted by atomic mass is 10.0. The molecule has 0 radical (unpaired) electrons. The van der Waals surface area contributed by atoms with Gasteiger partial charge in [0.05, 0.1) is 55.5 Å². The summed E-state index contributed by atoms with van der Waals surface area (Å²) in [6.45, 7) is 0. The summed E-state index contributed by atoms with van der Waals surface area (Å²) in [6.07, 6.45) is 0. The zero-order valence-electron chi connectivity index (χ0n) is 33.9. The zero-order chi connectivity index (χ0) is 41.2. The predicted molar refractivity (Wildman–Crippen MR) is 261 cm³/mol. The second-order valence-corrected chi connectivity index (χ2v) is 16.6. The van der Waals surface area contributed by atoms with Gasteiger partial charge in [-0.05, 0) is 83.9 Å². The Kier molecular flexibility index (Phi) is 7.05. The van der Waals surface area contributed by atoms with Crippen LogP contribution in [0.4, 0.5) is 0 Å². The van der Waals surface area contributed by atoms with E-state index < -0.39 is 0 Å². The van der Waals surface area contributed by atoms with Crippen molar-refractivity contribution in [3.63, 3.8) is 0 Å². The number of rotatable bonds is 5. The Morgan fingerprint density at radius 2 is 0.714 bits per heavy atom. The molecule has 0 unspecified atom stereocenters. The number of nitrogens with zero attached hydrogens (tertiary/aromatic N) is 5. The summed E-state index contributed by atoms with van der Waals surface area (Å²) >= 11 is 0. The van der Waals surface area contributed by atoms with Crippen LogP contribution in [0.5, 0.6) is 0 Å². The van der Waals surface area contributed by atoms with Crippen LogP contribution >= 0.6 is 0 Å². The van der Waals surface area contributed by atoms with Crippen LogP contribution in [0, 0.1) is 0 Å². The van der Waals surface area contributed by atoms with Gasteiger partial charge in [-0.15, -0.1) is 0 Å². The number of hydrogen-bond acceptors (Lipinski definition) is 2. The lowest BCUT2D eigenvalue weighted by Gasteiger charge is -2.15. The van der Waals surface area contributed by atoms with Gasteiger partial charge in [0.2, 0.25) is 0 Å². The Balaban J connectivity index is 1.15. The molecule has 63 heavy (non-hydrogen) atoms. The largest absolute Gasteiger partial charge is 0.309 e. The minimum Gasteiger partial charge on any atom is -0.309 e. The van der Waals surface area contributed by atoms with Crippen molar-refractivity contribution in [2.45, 2.75) is 0 Å². The summed E-state index contributed by atoms with van der Waals surface area (Å²) in [5.74, 6) is 0.673. The molecule has 0 N–H and O–H groups in total. The van der Waals surface area contributed by atoms with Gasteiger partial charge >= 0.3 is 0 Å². The molecule has 5 nitrogen and oxygen atoms in total. The molecule has 9 aromatic carbocycles. The van der Waals surface area contributed by atoms with Crippen LogP contribution in [0.2, 0.25) is 0 Å². The maximum atomic E-state index is 5.33. The molecule has 14 rings (SSSR count). The fraction of sp³-hybridized carbons (Fsp3) is 0. The van der Waals surface area contributed by atoms with Crippen LogP contribution in [0.3, 0.4) is 0 Å². The van der Waals surface area contributed by atoms with Gasteiger partial charge in [0.25, 0.3) is 0 Å². The van der Waals surface area contributed by atoms with E-state index >= 15 is 0 Å². The molecule has 0 atom stereocenters. The number of fused-ring (bicyclic) bond motifs is 8. The Labute approximate surface area is 361 Å². The van der Waals surface area contributed by atoms with Crippen molar-refractivity contribution in [2.75, 3.05) is 0 Å². The van der Waals surface area contributed by atoms with Crippen molar-refractivity contribution in [1.82, 2.24) is 23.3 Å². The minimum atomic E-state index is 0.673. The van der Waals surface area contributed by atoms with Gasteiger partial charge in [0.1, 0.15) is 0 Å². The van der Waals surface area contributed by atoms with E-state index in [2.05, 4.69) is 214 Å². The molecular weight excluding hydrogens is 767 g/mol. The Morgan fingerprint density at radius 1 is 0.270 bits per heavy atom. The highest BCUT2D eigenvalue weighted by Gasteiger charge is 2.23. The first-order valence-electron chi connectivity index (χ1n) is 21.5. The van der Waals surface area contributed by atoms with E-state index in [-0.39, 0.29) is 0 Å². The average Bonchev–Trinajstić information content (AvgIpc) is 3.99. The van der Waals surface area contributed by atoms with E-state index in [0.29, 0.717) is 5.82 Å². The van der Waals surface area contributed by atoms with Gasteiger partial charge in [-0.3, -0.25) is 0 Å². The third-order valence-corrected chi connectivity index (χ3v) is 13.1. The average molecular weight is 802 g/mol. The van der Waals surface area contributed by atoms with Crippen molar-refractivity contribution in [3.05, 3.63) is 212 Å². The lowest BCUT2D eigenvalue weighted by Crippen LogP contribution is -1.99. The van der Waals surface area contributed by atoms with Crippen LogP contribution < -0.4 is 0 Å².